The molecule has 3 N–H and O–H groups in total. The molecule has 120 valence electrons. The van der Waals surface area contributed by atoms with Crippen LogP contribution in [0.15, 0.2) is 0 Å². The van der Waals surface area contributed by atoms with Crippen molar-refractivity contribution < 1.29 is 0 Å². The van der Waals surface area contributed by atoms with E-state index in [9.17, 15) is 0 Å². The molecule has 3 unspecified atom stereocenters. The van der Waals surface area contributed by atoms with Crippen molar-refractivity contribution in [1.82, 2.24) is 5.32 Å². The lowest BCUT2D eigenvalue weighted by molar-refractivity contribution is 0.277. The van der Waals surface area contributed by atoms with E-state index in [1.54, 1.807) is 0 Å². The average Bonchev–Trinajstić information content (AvgIpc) is 2.49. The lowest BCUT2D eigenvalue weighted by atomic mass is 9.84. The Hall–Kier alpha value is -0.0800. The Morgan fingerprint density at radius 3 is 1.75 bits per heavy atom. The van der Waals surface area contributed by atoms with Crippen molar-refractivity contribution >= 4 is 0 Å². The van der Waals surface area contributed by atoms with E-state index in [1.807, 2.05) is 0 Å². The van der Waals surface area contributed by atoms with Gasteiger partial charge in [0.15, 0.2) is 0 Å². The zero-order chi connectivity index (χ0) is 14.8. The van der Waals surface area contributed by atoms with Gasteiger partial charge in [0.2, 0.25) is 0 Å². The van der Waals surface area contributed by atoms with Gasteiger partial charge in [-0.3, -0.25) is 0 Å². The third-order valence-corrected chi connectivity index (χ3v) is 5.26. The summed E-state index contributed by atoms with van der Waals surface area (Å²) in [6, 6.07) is 0.676. The highest BCUT2D eigenvalue weighted by molar-refractivity contribution is 4.75. The SMILES string of the molecule is CC(N)C(C)NCC(C)C1CCCCCCCCCC1. The van der Waals surface area contributed by atoms with Gasteiger partial charge in [0.05, 0.1) is 0 Å². The van der Waals surface area contributed by atoms with Gasteiger partial charge in [-0.05, 0) is 32.2 Å². The van der Waals surface area contributed by atoms with Gasteiger partial charge in [-0.25, -0.2) is 0 Å². The minimum atomic E-state index is 0.245. The zero-order valence-electron chi connectivity index (χ0n) is 14.2. The van der Waals surface area contributed by atoms with Gasteiger partial charge in [0.25, 0.3) is 0 Å². The van der Waals surface area contributed by atoms with E-state index in [0.717, 1.165) is 18.4 Å². The summed E-state index contributed by atoms with van der Waals surface area (Å²) in [6.07, 6.45) is 14.5. The first-order chi connectivity index (χ1) is 9.61. The van der Waals surface area contributed by atoms with Crippen LogP contribution in [0.4, 0.5) is 0 Å². The maximum absolute atomic E-state index is 5.94. The second-order valence-corrected chi connectivity index (χ2v) is 7.20. The number of nitrogens with one attached hydrogen (secondary N) is 1. The highest BCUT2D eigenvalue weighted by atomic mass is 14.9. The smallest absolute Gasteiger partial charge is 0.0188 e. The molecule has 0 heterocycles. The zero-order valence-corrected chi connectivity index (χ0v) is 14.2. The van der Waals surface area contributed by atoms with Crippen molar-refractivity contribution in [3.8, 4) is 0 Å². The predicted octanol–water partition coefficient (Wildman–Crippen LogP) is 4.48. The maximum atomic E-state index is 5.94. The summed E-state index contributed by atoms with van der Waals surface area (Å²) >= 11 is 0. The van der Waals surface area contributed by atoms with Gasteiger partial charge in [-0.1, -0.05) is 71.1 Å². The van der Waals surface area contributed by atoms with E-state index >= 15 is 0 Å². The van der Waals surface area contributed by atoms with Gasteiger partial charge >= 0.3 is 0 Å². The van der Waals surface area contributed by atoms with E-state index < -0.39 is 0 Å². The van der Waals surface area contributed by atoms with Crippen LogP contribution in [0.5, 0.6) is 0 Å². The molecule has 3 atom stereocenters. The minimum Gasteiger partial charge on any atom is -0.327 e. The quantitative estimate of drug-likeness (QED) is 0.780. The van der Waals surface area contributed by atoms with Gasteiger partial charge in [0.1, 0.15) is 0 Å². The summed E-state index contributed by atoms with van der Waals surface area (Å²) in [5, 5.41) is 3.63. The lowest BCUT2D eigenvalue weighted by Crippen LogP contribution is -2.43. The fourth-order valence-electron chi connectivity index (χ4n) is 3.31. The van der Waals surface area contributed by atoms with Gasteiger partial charge in [-0.2, -0.15) is 0 Å². The fourth-order valence-corrected chi connectivity index (χ4v) is 3.31. The molecule has 0 bridgehead atoms. The molecular weight excluding hydrogens is 244 g/mol. The molecule has 1 aliphatic carbocycles. The number of hydrogen-bond donors (Lipinski definition) is 2. The number of hydrogen-bond acceptors (Lipinski definition) is 2. The monoisotopic (exact) mass is 282 g/mol. The van der Waals surface area contributed by atoms with Crippen molar-refractivity contribution in [2.45, 2.75) is 97.1 Å². The van der Waals surface area contributed by atoms with Gasteiger partial charge in [0, 0.05) is 12.1 Å². The van der Waals surface area contributed by atoms with Crippen LogP contribution in [0.3, 0.4) is 0 Å². The molecule has 0 radical (unpaired) electrons. The molecule has 20 heavy (non-hydrogen) atoms. The molecule has 2 nitrogen and oxygen atoms in total. The summed E-state index contributed by atoms with van der Waals surface area (Å²) in [6.45, 7) is 7.86. The largest absolute Gasteiger partial charge is 0.327 e. The molecule has 1 saturated carbocycles. The Kier molecular flexibility index (Phi) is 9.54. The molecular formula is C18H38N2. The average molecular weight is 283 g/mol. The van der Waals surface area contributed by atoms with Crippen LogP contribution >= 0.6 is 0 Å². The lowest BCUT2D eigenvalue weighted by Gasteiger charge is -2.27. The van der Waals surface area contributed by atoms with Crippen LogP contribution in [0, 0.1) is 11.8 Å². The molecule has 0 aliphatic heterocycles. The van der Waals surface area contributed by atoms with Gasteiger partial charge in [-0.15, -0.1) is 0 Å². The molecule has 0 aromatic heterocycles. The van der Waals surface area contributed by atoms with E-state index in [1.165, 1.54) is 64.2 Å². The number of rotatable bonds is 5. The van der Waals surface area contributed by atoms with Crippen LogP contribution in [0.25, 0.3) is 0 Å². The second kappa shape index (κ2) is 10.6. The van der Waals surface area contributed by atoms with Crippen molar-refractivity contribution in [2.24, 2.45) is 17.6 Å². The first kappa shape index (κ1) is 18.0. The van der Waals surface area contributed by atoms with Crippen LogP contribution in [0.2, 0.25) is 0 Å². The van der Waals surface area contributed by atoms with Crippen molar-refractivity contribution in [2.75, 3.05) is 6.54 Å². The Morgan fingerprint density at radius 1 is 0.850 bits per heavy atom. The first-order valence-electron chi connectivity index (χ1n) is 9.10. The Morgan fingerprint density at radius 2 is 1.30 bits per heavy atom. The third kappa shape index (κ3) is 7.64. The highest BCUT2D eigenvalue weighted by Gasteiger charge is 2.18. The Bertz CT molecular complexity index is 215. The van der Waals surface area contributed by atoms with Crippen molar-refractivity contribution in [3.63, 3.8) is 0 Å². The van der Waals surface area contributed by atoms with Crippen LogP contribution in [0.1, 0.15) is 85.0 Å². The normalized spacial score (nSPS) is 24.6. The Labute approximate surface area is 127 Å². The highest BCUT2D eigenvalue weighted by Crippen LogP contribution is 2.26. The van der Waals surface area contributed by atoms with Gasteiger partial charge < -0.3 is 11.1 Å². The summed E-state index contributed by atoms with van der Waals surface area (Å²) < 4.78 is 0. The summed E-state index contributed by atoms with van der Waals surface area (Å²) in [5.74, 6) is 1.71. The summed E-state index contributed by atoms with van der Waals surface area (Å²) in [4.78, 5) is 0. The van der Waals surface area contributed by atoms with Crippen LogP contribution in [-0.2, 0) is 0 Å². The molecule has 1 aliphatic rings. The first-order valence-corrected chi connectivity index (χ1v) is 9.10. The van der Waals surface area contributed by atoms with Crippen LogP contribution in [-0.4, -0.2) is 18.6 Å². The molecule has 1 fully saturated rings. The molecule has 1 rings (SSSR count). The Balaban J connectivity index is 2.34. The van der Waals surface area contributed by atoms with E-state index in [4.69, 9.17) is 5.73 Å². The molecule has 0 spiro atoms. The van der Waals surface area contributed by atoms with E-state index in [-0.39, 0.29) is 6.04 Å². The molecule has 0 saturated heterocycles. The number of nitrogens with two attached hydrogens (primary N) is 1. The summed E-state index contributed by atoms with van der Waals surface area (Å²) in [5.41, 5.74) is 5.94. The fraction of sp³-hybridized carbons (Fsp3) is 1.00. The predicted molar refractivity (Wildman–Crippen MR) is 89.9 cm³/mol. The third-order valence-electron chi connectivity index (χ3n) is 5.26. The summed E-state index contributed by atoms with van der Waals surface area (Å²) in [7, 11) is 0. The minimum absolute atomic E-state index is 0.245. The second-order valence-electron chi connectivity index (χ2n) is 7.20. The van der Waals surface area contributed by atoms with E-state index in [2.05, 4.69) is 26.1 Å². The molecule has 0 aromatic rings. The maximum Gasteiger partial charge on any atom is 0.0188 e. The molecule has 2 heteroatoms. The topological polar surface area (TPSA) is 38.0 Å². The van der Waals surface area contributed by atoms with Crippen LogP contribution < -0.4 is 11.1 Å². The van der Waals surface area contributed by atoms with E-state index in [0.29, 0.717) is 6.04 Å². The van der Waals surface area contributed by atoms with Crippen molar-refractivity contribution in [1.29, 1.82) is 0 Å². The van der Waals surface area contributed by atoms with Crippen molar-refractivity contribution in [3.05, 3.63) is 0 Å². The molecule has 0 aromatic carbocycles. The molecule has 0 amide bonds. The standard InChI is InChI=1S/C18H38N2/c1-15(14-20-17(3)16(2)19)18-12-10-8-6-4-5-7-9-11-13-18/h15-18,20H,4-14,19H2,1-3H3.